The third-order valence-corrected chi connectivity index (χ3v) is 1.49. The summed E-state index contributed by atoms with van der Waals surface area (Å²) in [6.45, 7) is 10.9. The van der Waals surface area contributed by atoms with Crippen molar-refractivity contribution in [3.63, 3.8) is 0 Å². The summed E-state index contributed by atoms with van der Waals surface area (Å²) < 4.78 is 5.39. The minimum atomic E-state index is 0.138. The number of allylic oxidation sites excluding steroid dienone is 1. The standard InChI is InChI=1S/C9H14O/c1-7-5-8(10-6-7)9(2,3)4/h5H,1,6H2,2-4H3. The van der Waals surface area contributed by atoms with Crippen molar-refractivity contribution in [2.45, 2.75) is 20.8 Å². The third kappa shape index (κ3) is 1.41. The first-order chi connectivity index (χ1) is 4.50. The van der Waals surface area contributed by atoms with Crippen LogP contribution in [-0.2, 0) is 4.74 Å². The Morgan fingerprint density at radius 3 is 2.30 bits per heavy atom. The van der Waals surface area contributed by atoms with Gasteiger partial charge < -0.3 is 4.74 Å². The summed E-state index contributed by atoms with van der Waals surface area (Å²) in [4.78, 5) is 0. The summed E-state index contributed by atoms with van der Waals surface area (Å²) >= 11 is 0. The fourth-order valence-electron chi connectivity index (χ4n) is 0.872. The molecular formula is C9H14O. The first-order valence-corrected chi connectivity index (χ1v) is 3.53. The van der Waals surface area contributed by atoms with Gasteiger partial charge in [-0.15, -0.1) is 0 Å². The second-order valence-corrected chi connectivity index (χ2v) is 3.71. The van der Waals surface area contributed by atoms with Crippen LogP contribution in [0.15, 0.2) is 24.0 Å². The highest BCUT2D eigenvalue weighted by Crippen LogP contribution is 2.30. The fourth-order valence-corrected chi connectivity index (χ4v) is 0.872. The van der Waals surface area contributed by atoms with Gasteiger partial charge in [0.25, 0.3) is 0 Å². The summed E-state index contributed by atoms with van der Waals surface area (Å²) in [6, 6.07) is 0. The van der Waals surface area contributed by atoms with Crippen LogP contribution in [0.2, 0.25) is 0 Å². The van der Waals surface area contributed by atoms with Crippen molar-refractivity contribution in [2.75, 3.05) is 6.61 Å². The summed E-state index contributed by atoms with van der Waals surface area (Å²) in [5.74, 6) is 1.05. The SMILES string of the molecule is C=C1C=C(C(C)(C)C)OC1. The van der Waals surface area contributed by atoms with Gasteiger partial charge in [0.05, 0.1) is 0 Å². The van der Waals surface area contributed by atoms with Crippen LogP contribution in [0.4, 0.5) is 0 Å². The maximum atomic E-state index is 5.39. The second-order valence-electron chi connectivity index (χ2n) is 3.71. The second kappa shape index (κ2) is 2.15. The fraction of sp³-hybridized carbons (Fsp3) is 0.556. The predicted octanol–water partition coefficient (Wildman–Crippen LogP) is 2.50. The van der Waals surface area contributed by atoms with Gasteiger partial charge in [-0.2, -0.15) is 0 Å². The predicted molar refractivity (Wildman–Crippen MR) is 42.6 cm³/mol. The summed E-state index contributed by atoms with van der Waals surface area (Å²) in [7, 11) is 0. The quantitative estimate of drug-likeness (QED) is 0.499. The molecule has 0 amide bonds. The molecule has 0 fully saturated rings. The monoisotopic (exact) mass is 138 g/mol. The molecule has 0 aromatic rings. The molecule has 1 heteroatoms. The van der Waals surface area contributed by atoms with Crippen LogP contribution in [0.3, 0.4) is 0 Å². The average Bonchev–Trinajstić information content (AvgIpc) is 2.11. The van der Waals surface area contributed by atoms with Gasteiger partial charge in [0.15, 0.2) is 0 Å². The third-order valence-electron chi connectivity index (χ3n) is 1.49. The van der Waals surface area contributed by atoms with Gasteiger partial charge >= 0.3 is 0 Å². The summed E-state index contributed by atoms with van der Waals surface area (Å²) in [6.07, 6.45) is 2.03. The number of ether oxygens (including phenoxy) is 1. The van der Waals surface area contributed by atoms with Crippen molar-refractivity contribution in [3.05, 3.63) is 24.0 Å². The van der Waals surface area contributed by atoms with E-state index in [1.54, 1.807) is 0 Å². The van der Waals surface area contributed by atoms with Gasteiger partial charge in [0.2, 0.25) is 0 Å². The molecule has 0 aromatic heterocycles. The lowest BCUT2D eigenvalue weighted by Crippen LogP contribution is -2.09. The van der Waals surface area contributed by atoms with Crippen molar-refractivity contribution in [2.24, 2.45) is 5.41 Å². The Morgan fingerprint density at radius 2 is 2.10 bits per heavy atom. The van der Waals surface area contributed by atoms with Gasteiger partial charge in [-0.25, -0.2) is 0 Å². The molecular weight excluding hydrogens is 124 g/mol. The van der Waals surface area contributed by atoms with Gasteiger partial charge in [-0.05, 0) is 11.6 Å². The Bertz CT molecular complexity index is 181. The molecule has 0 aromatic carbocycles. The minimum absolute atomic E-state index is 0.138. The molecule has 0 spiro atoms. The molecule has 1 rings (SSSR count). The smallest absolute Gasteiger partial charge is 0.112 e. The van der Waals surface area contributed by atoms with Crippen LogP contribution in [0.5, 0.6) is 0 Å². The van der Waals surface area contributed by atoms with E-state index in [4.69, 9.17) is 4.74 Å². The lowest BCUT2D eigenvalue weighted by molar-refractivity contribution is 0.190. The molecule has 0 saturated carbocycles. The molecule has 1 aliphatic heterocycles. The number of hydrogen-bond donors (Lipinski definition) is 0. The molecule has 0 atom stereocenters. The molecule has 1 nitrogen and oxygen atoms in total. The number of rotatable bonds is 0. The van der Waals surface area contributed by atoms with E-state index in [1.807, 2.05) is 6.08 Å². The largest absolute Gasteiger partial charge is 0.493 e. The highest BCUT2D eigenvalue weighted by Gasteiger charge is 2.22. The Labute approximate surface area is 62.4 Å². The molecule has 0 radical (unpaired) electrons. The van der Waals surface area contributed by atoms with Gasteiger partial charge in [-0.1, -0.05) is 27.4 Å². The highest BCUT2D eigenvalue weighted by atomic mass is 16.5. The Hall–Kier alpha value is -0.720. The van der Waals surface area contributed by atoms with Crippen LogP contribution in [0, 0.1) is 5.41 Å². The van der Waals surface area contributed by atoms with E-state index in [2.05, 4.69) is 27.4 Å². The zero-order valence-corrected chi connectivity index (χ0v) is 6.90. The van der Waals surface area contributed by atoms with Gasteiger partial charge in [0, 0.05) is 5.41 Å². The van der Waals surface area contributed by atoms with E-state index in [-0.39, 0.29) is 5.41 Å². The van der Waals surface area contributed by atoms with E-state index in [1.165, 1.54) is 0 Å². The molecule has 0 saturated heterocycles. The molecule has 0 N–H and O–H groups in total. The van der Waals surface area contributed by atoms with Crippen LogP contribution < -0.4 is 0 Å². The van der Waals surface area contributed by atoms with E-state index in [0.717, 1.165) is 11.3 Å². The van der Waals surface area contributed by atoms with Crippen molar-refractivity contribution in [3.8, 4) is 0 Å². The van der Waals surface area contributed by atoms with E-state index < -0.39 is 0 Å². The zero-order valence-electron chi connectivity index (χ0n) is 6.90. The maximum Gasteiger partial charge on any atom is 0.112 e. The number of hydrogen-bond acceptors (Lipinski definition) is 1. The Kier molecular flexibility index (Phi) is 1.59. The molecule has 56 valence electrons. The van der Waals surface area contributed by atoms with Crippen molar-refractivity contribution < 1.29 is 4.74 Å². The van der Waals surface area contributed by atoms with Crippen LogP contribution in [-0.4, -0.2) is 6.61 Å². The zero-order chi connectivity index (χ0) is 7.78. The van der Waals surface area contributed by atoms with E-state index in [0.29, 0.717) is 6.61 Å². The normalized spacial score (nSPS) is 18.7. The minimum Gasteiger partial charge on any atom is -0.493 e. The van der Waals surface area contributed by atoms with Crippen molar-refractivity contribution in [1.82, 2.24) is 0 Å². The first-order valence-electron chi connectivity index (χ1n) is 3.53. The Balaban J connectivity index is 2.76. The van der Waals surface area contributed by atoms with E-state index in [9.17, 15) is 0 Å². The van der Waals surface area contributed by atoms with E-state index >= 15 is 0 Å². The topological polar surface area (TPSA) is 9.23 Å². The van der Waals surface area contributed by atoms with Gasteiger partial charge in [-0.3, -0.25) is 0 Å². The average molecular weight is 138 g/mol. The molecule has 0 unspecified atom stereocenters. The van der Waals surface area contributed by atoms with Gasteiger partial charge in [0.1, 0.15) is 12.4 Å². The molecule has 1 aliphatic rings. The summed E-state index contributed by atoms with van der Waals surface area (Å²) in [5.41, 5.74) is 1.21. The Morgan fingerprint density at radius 1 is 1.50 bits per heavy atom. The van der Waals surface area contributed by atoms with Crippen LogP contribution in [0.25, 0.3) is 0 Å². The molecule has 0 aliphatic carbocycles. The van der Waals surface area contributed by atoms with Crippen molar-refractivity contribution in [1.29, 1.82) is 0 Å². The molecule has 0 bridgehead atoms. The highest BCUT2D eigenvalue weighted by molar-refractivity contribution is 5.26. The summed E-state index contributed by atoms with van der Waals surface area (Å²) in [5, 5.41) is 0. The maximum absolute atomic E-state index is 5.39. The lowest BCUT2D eigenvalue weighted by Gasteiger charge is -2.18. The van der Waals surface area contributed by atoms with Crippen LogP contribution in [0.1, 0.15) is 20.8 Å². The first kappa shape index (κ1) is 7.39. The molecule has 10 heavy (non-hydrogen) atoms. The van der Waals surface area contributed by atoms with Crippen LogP contribution >= 0.6 is 0 Å². The lowest BCUT2D eigenvalue weighted by atomic mass is 9.94. The molecule has 1 heterocycles. The van der Waals surface area contributed by atoms with Crippen molar-refractivity contribution >= 4 is 0 Å².